The molecule has 28 heavy (non-hydrogen) atoms. The number of para-hydroxylation sites is 1. The van der Waals surface area contributed by atoms with E-state index in [-0.39, 0.29) is 5.69 Å². The van der Waals surface area contributed by atoms with Gasteiger partial charge in [-0.2, -0.15) is 0 Å². The molecule has 1 aromatic heterocycles. The smallest absolute Gasteiger partial charge is 0.282 e. The molecule has 1 aliphatic rings. The van der Waals surface area contributed by atoms with E-state index >= 15 is 0 Å². The van der Waals surface area contributed by atoms with E-state index in [9.17, 15) is 14.0 Å². The van der Waals surface area contributed by atoms with E-state index in [1.807, 2.05) is 59.7 Å². The largest absolute Gasteiger partial charge is 0.337 e. The van der Waals surface area contributed by atoms with Gasteiger partial charge in [0.1, 0.15) is 11.5 Å². The molecular weight excluding hydrogens is 375 g/mol. The lowest BCUT2D eigenvalue weighted by Gasteiger charge is -2.24. The molecule has 1 aliphatic heterocycles. The number of amides is 2. The van der Waals surface area contributed by atoms with Gasteiger partial charge in [-0.05, 0) is 48.7 Å². The van der Waals surface area contributed by atoms with Crippen molar-refractivity contribution in [3.8, 4) is 0 Å². The summed E-state index contributed by atoms with van der Waals surface area (Å²) >= 11 is 1.39. The first-order valence-electron chi connectivity index (χ1n) is 8.87. The Morgan fingerprint density at radius 3 is 2.39 bits per heavy atom. The second kappa shape index (κ2) is 7.40. The van der Waals surface area contributed by atoms with Crippen LogP contribution in [0.3, 0.4) is 0 Å². The minimum absolute atomic E-state index is 0.225. The molecule has 4 nitrogen and oxygen atoms in total. The number of imide groups is 1. The van der Waals surface area contributed by atoms with E-state index in [0.717, 1.165) is 10.6 Å². The molecule has 2 aromatic carbocycles. The molecule has 0 spiro atoms. The Hall–Kier alpha value is -3.25. The van der Waals surface area contributed by atoms with E-state index in [1.54, 1.807) is 6.07 Å². The van der Waals surface area contributed by atoms with Gasteiger partial charge >= 0.3 is 0 Å². The van der Waals surface area contributed by atoms with E-state index in [4.69, 9.17) is 0 Å². The average Bonchev–Trinajstić information content (AvgIpc) is 3.30. The van der Waals surface area contributed by atoms with Crippen LogP contribution in [0.15, 0.2) is 77.8 Å². The van der Waals surface area contributed by atoms with E-state index < -0.39 is 17.6 Å². The molecule has 0 atom stereocenters. The number of hydrogen-bond donors (Lipinski definition) is 0. The second-order valence-corrected chi connectivity index (χ2v) is 7.15. The van der Waals surface area contributed by atoms with Crippen molar-refractivity contribution in [1.29, 1.82) is 0 Å². The zero-order valence-electron chi connectivity index (χ0n) is 15.1. The zero-order chi connectivity index (χ0) is 19.7. The summed E-state index contributed by atoms with van der Waals surface area (Å²) in [5.41, 5.74) is 1.69. The highest BCUT2D eigenvalue weighted by molar-refractivity contribution is 7.11. The van der Waals surface area contributed by atoms with Crippen LogP contribution in [0.1, 0.15) is 11.8 Å². The minimum Gasteiger partial charge on any atom is -0.337 e. The molecule has 0 saturated carbocycles. The Balaban J connectivity index is 1.89. The first-order chi connectivity index (χ1) is 13.6. The highest BCUT2D eigenvalue weighted by Crippen LogP contribution is 2.38. The van der Waals surface area contributed by atoms with Gasteiger partial charge in [-0.15, -0.1) is 11.3 Å². The van der Waals surface area contributed by atoms with Gasteiger partial charge in [0.25, 0.3) is 11.8 Å². The Kier molecular flexibility index (Phi) is 4.79. The fourth-order valence-electron chi connectivity index (χ4n) is 3.34. The van der Waals surface area contributed by atoms with Crippen molar-refractivity contribution in [2.45, 2.75) is 6.92 Å². The van der Waals surface area contributed by atoms with Gasteiger partial charge in [0, 0.05) is 17.1 Å². The third kappa shape index (κ3) is 3.01. The average molecular weight is 392 g/mol. The van der Waals surface area contributed by atoms with Gasteiger partial charge < -0.3 is 4.90 Å². The van der Waals surface area contributed by atoms with Crippen molar-refractivity contribution in [2.24, 2.45) is 0 Å². The van der Waals surface area contributed by atoms with Gasteiger partial charge in [0.15, 0.2) is 0 Å². The maximum Gasteiger partial charge on any atom is 0.282 e. The minimum atomic E-state index is -0.500. The highest BCUT2D eigenvalue weighted by atomic mass is 32.1. The monoisotopic (exact) mass is 392 g/mol. The molecule has 2 heterocycles. The molecular formula is C22H17FN2O2S. The number of hydrogen-bond acceptors (Lipinski definition) is 4. The van der Waals surface area contributed by atoms with Gasteiger partial charge in [0.2, 0.25) is 0 Å². The summed E-state index contributed by atoms with van der Waals surface area (Å²) in [6.45, 7) is 2.43. The van der Waals surface area contributed by atoms with Crippen LogP contribution in [-0.2, 0) is 9.59 Å². The van der Waals surface area contributed by atoms with Gasteiger partial charge in [-0.1, -0.05) is 30.3 Å². The first kappa shape index (κ1) is 18.1. The third-order valence-electron chi connectivity index (χ3n) is 4.55. The Morgan fingerprint density at radius 1 is 0.964 bits per heavy atom. The molecule has 6 heteroatoms. The topological polar surface area (TPSA) is 40.6 Å². The van der Waals surface area contributed by atoms with Crippen molar-refractivity contribution in [2.75, 3.05) is 16.3 Å². The van der Waals surface area contributed by atoms with E-state index in [0.29, 0.717) is 22.7 Å². The van der Waals surface area contributed by atoms with E-state index in [2.05, 4.69) is 0 Å². The molecule has 2 amide bonds. The van der Waals surface area contributed by atoms with Crippen LogP contribution in [0.5, 0.6) is 0 Å². The van der Waals surface area contributed by atoms with Crippen LogP contribution in [0.2, 0.25) is 0 Å². The summed E-state index contributed by atoms with van der Waals surface area (Å²) in [6.07, 6.45) is 0. The normalized spacial score (nSPS) is 14.1. The lowest BCUT2D eigenvalue weighted by Crippen LogP contribution is -2.35. The number of carbonyl (C=O) groups excluding carboxylic acids is 2. The first-order valence-corrected chi connectivity index (χ1v) is 9.75. The quantitative estimate of drug-likeness (QED) is 0.591. The lowest BCUT2D eigenvalue weighted by molar-refractivity contribution is -0.120. The number of benzene rings is 2. The third-order valence-corrected chi connectivity index (χ3v) is 5.43. The fraction of sp³-hybridized carbons (Fsp3) is 0.0909. The number of thiophene rings is 1. The predicted molar refractivity (Wildman–Crippen MR) is 110 cm³/mol. The van der Waals surface area contributed by atoms with Crippen LogP contribution < -0.4 is 9.80 Å². The SMILES string of the molecule is CCN(C1=C(c2cccs2)C(=O)N(c2cccc(F)c2)C1=O)c1ccccc1. The Morgan fingerprint density at radius 2 is 1.75 bits per heavy atom. The molecule has 0 aliphatic carbocycles. The van der Waals surface area contributed by atoms with Crippen LogP contribution in [0, 0.1) is 5.82 Å². The molecule has 0 unspecified atom stereocenters. The summed E-state index contributed by atoms with van der Waals surface area (Å²) in [6, 6.07) is 18.6. The molecule has 140 valence electrons. The van der Waals surface area contributed by atoms with Crippen molar-refractivity contribution in [1.82, 2.24) is 0 Å². The van der Waals surface area contributed by atoms with Crippen LogP contribution in [0.25, 0.3) is 5.57 Å². The predicted octanol–water partition coefficient (Wildman–Crippen LogP) is 4.70. The van der Waals surface area contributed by atoms with Gasteiger partial charge in [-0.3, -0.25) is 9.59 Å². The van der Waals surface area contributed by atoms with Crippen molar-refractivity contribution in [3.05, 3.63) is 88.5 Å². The van der Waals surface area contributed by atoms with Gasteiger partial charge in [0.05, 0.1) is 11.3 Å². The van der Waals surface area contributed by atoms with Crippen LogP contribution in [-0.4, -0.2) is 18.4 Å². The molecule has 0 fully saturated rings. The standard InChI is InChI=1S/C22H17FN2O2S/c1-2-24(16-9-4-3-5-10-16)20-19(18-12-7-13-28-18)21(26)25(22(20)27)17-11-6-8-15(23)14-17/h3-14H,2H2,1H3. The zero-order valence-corrected chi connectivity index (χ0v) is 15.9. The maximum atomic E-state index is 13.8. The van der Waals surface area contributed by atoms with E-state index in [1.165, 1.54) is 29.5 Å². The number of nitrogens with zero attached hydrogens (tertiary/aromatic N) is 2. The summed E-state index contributed by atoms with van der Waals surface area (Å²) < 4.78 is 13.8. The van der Waals surface area contributed by atoms with Crippen LogP contribution in [0.4, 0.5) is 15.8 Å². The maximum absolute atomic E-state index is 13.8. The Bertz CT molecular complexity index is 1060. The summed E-state index contributed by atoms with van der Waals surface area (Å²) in [5.74, 6) is -1.40. The number of rotatable bonds is 5. The van der Waals surface area contributed by atoms with Crippen molar-refractivity contribution in [3.63, 3.8) is 0 Å². The fourth-order valence-corrected chi connectivity index (χ4v) is 4.10. The van der Waals surface area contributed by atoms with Crippen molar-refractivity contribution < 1.29 is 14.0 Å². The second-order valence-electron chi connectivity index (χ2n) is 6.21. The Labute approximate surface area is 166 Å². The molecule has 4 rings (SSSR count). The summed E-state index contributed by atoms with van der Waals surface area (Å²) in [4.78, 5) is 30.3. The number of carbonyl (C=O) groups is 2. The summed E-state index contributed by atoms with van der Waals surface area (Å²) in [5, 5.41) is 1.86. The molecule has 3 aromatic rings. The number of halogens is 1. The highest BCUT2D eigenvalue weighted by Gasteiger charge is 2.43. The molecule has 0 bridgehead atoms. The number of likely N-dealkylation sites (N-methyl/N-ethyl adjacent to an activating group) is 1. The van der Waals surface area contributed by atoms with Crippen molar-refractivity contribution >= 4 is 40.1 Å². The van der Waals surface area contributed by atoms with Crippen LogP contribution >= 0.6 is 11.3 Å². The summed E-state index contributed by atoms with van der Waals surface area (Å²) in [7, 11) is 0. The molecule has 0 saturated heterocycles. The lowest BCUT2D eigenvalue weighted by atomic mass is 10.1. The molecule has 0 radical (unpaired) electrons. The number of anilines is 2. The van der Waals surface area contributed by atoms with Gasteiger partial charge in [-0.25, -0.2) is 9.29 Å². The molecule has 0 N–H and O–H groups in total.